The van der Waals surface area contributed by atoms with Crippen molar-refractivity contribution >= 4 is 11.9 Å². The number of carboxylic acid groups (broad SMARTS) is 1. The maximum Gasteiger partial charge on any atom is 0.335 e. The van der Waals surface area contributed by atoms with Crippen LogP contribution in [0.5, 0.6) is 0 Å². The number of amides is 1. The Balaban J connectivity index is 2.64. The second-order valence-corrected chi connectivity index (χ2v) is 3.35. The molecule has 86 valence electrons. The molecule has 4 N–H and O–H groups in total. The van der Waals surface area contributed by atoms with E-state index in [-0.39, 0.29) is 18.0 Å². The molecule has 0 saturated carbocycles. The van der Waals surface area contributed by atoms with E-state index in [0.29, 0.717) is 5.69 Å². The highest BCUT2D eigenvalue weighted by molar-refractivity contribution is 5.87. The van der Waals surface area contributed by atoms with Crippen molar-refractivity contribution in [2.45, 2.75) is 19.5 Å². The van der Waals surface area contributed by atoms with Crippen LogP contribution >= 0.6 is 0 Å². The smallest absolute Gasteiger partial charge is 0.335 e. The van der Waals surface area contributed by atoms with Crippen LogP contribution in [-0.4, -0.2) is 28.0 Å². The zero-order valence-electron chi connectivity index (χ0n) is 8.80. The molecular weight excluding hydrogens is 210 g/mol. The summed E-state index contributed by atoms with van der Waals surface area (Å²) in [5.74, 6) is -1.33. The van der Waals surface area contributed by atoms with Crippen molar-refractivity contribution < 1.29 is 14.7 Å². The van der Waals surface area contributed by atoms with Gasteiger partial charge in [0.05, 0.1) is 23.8 Å². The molecule has 1 amide bonds. The van der Waals surface area contributed by atoms with Gasteiger partial charge in [0, 0.05) is 6.20 Å². The number of rotatable bonds is 4. The van der Waals surface area contributed by atoms with Crippen LogP contribution in [0.15, 0.2) is 18.3 Å². The minimum atomic E-state index is -1.03. The van der Waals surface area contributed by atoms with E-state index in [9.17, 15) is 9.59 Å². The van der Waals surface area contributed by atoms with Crippen molar-refractivity contribution in [2.24, 2.45) is 5.73 Å². The molecule has 1 atom stereocenters. The van der Waals surface area contributed by atoms with Gasteiger partial charge < -0.3 is 16.2 Å². The summed E-state index contributed by atoms with van der Waals surface area (Å²) in [6.07, 6.45) is 1.39. The van der Waals surface area contributed by atoms with Crippen LogP contribution < -0.4 is 11.1 Å². The zero-order valence-corrected chi connectivity index (χ0v) is 8.80. The highest BCUT2D eigenvalue weighted by atomic mass is 16.4. The summed E-state index contributed by atoms with van der Waals surface area (Å²) in [6.45, 7) is 1.73. The molecule has 0 spiro atoms. The van der Waals surface area contributed by atoms with Gasteiger partial charge in [0.15, 0.2) is 0 Å². The molecule has 1 rings (SSSR count). The molecule has 1 aromatic rings. The predicted molar refractivity (Wildman–Crippen MR) is 56.7 cm³/mol. The van der Waals surface area contributed by atoms with Crippen LogP contribution in [0.25, 0.3) is 0 Å². The predicted octanol–water partition coefficient (Wildman–Crippen LogP) is -0.257. The van der Waals surface area contributed by atoms with Gasteiger partial charge in [-0.3, -0.25) is 9.78 Å². The van der Waals surface area contributed by atoms with Crippen LogP contribution in [0.4, 0.5) is 0 Å². The molecule has 0 aliphatic rings. The Bertz CT molecular complexity index is 404. The fraction of sp³-hybridized carbons (Fsp3) is 0.300. The van der Waals surface area contributed by atoms with E-state index < -0.39 is 12.0 Å². The average Bonchev–Trinajstić information content (AvgIpc) is 2.26. The maximum atomic E-state index is 11.2. The standard InChI is InChI=1S/C10H13N3O3/c1-6(11)9(14)13-5-8-4-7(10(15)16)2-3-12-8/h2-4,6H,5,11H2,1H3,(H,13,14)(H,15,16)/t6-/m1/s1. The molecule has 0 bridgehead atoms. The van der Waals surface area contributed by atoms with Crippen molar-refractivity contribution in [1.29, 1.82) is 0 Å². The Morgan fingerprint density at radius 2 is 2.31 bits per heavy atom. The Morgan fingerprint density at radius 1 is 1.62 bits per heavy atom. The molecule has 6 nitrogen and oxygen atoms in total. The number of nitrogens with two attached hydrogens (primary N) is 1. The fourth-order valence-corrected chi connectivity index (χ4v) is 1.05. The third-order valence-corrected chi connectivity index (χ3v) is 1.92. The van der Waals surface area contributed by atoms with Gasteiger partial charge in [-0.15, -0.1) is 0 Å². The molecule has 0 aromatic carbocycles. The van der Waals surface area contributed by atoms with Gasteiger partial charge in [0.1, 0.15) is 0 Å². The lowest BCUT2D eigenvalue weighted by Gasteiger charge is -2.07. The lowest BCUT2D eigenvalue weighted by atomic mass is 10.2. The lowest BCUT2D eigenvalue weighted by Crippen LogP contribution is -2.37. The Morgan fingerprint density at radius 3 is 2.88 bits per heavy atom. The number of carboxylic acids is 1. The second-order valence-electron chi connectivity index (χ2n) is 3.35. The molecule has 1 aromatic heterocycles. The number of aromatic carboxylic acids is 1. The lowest BCUT2D eigenvalue weighted by molar-refractivity contribution is -0.122. The minimum absolute atomic E-state index is 0.139. The number of hydrogen-bond donors (Lipinski definition) is 3. The zero-order chi connectivity index (χ0) is 12.1. The largest absolute Gasteiger partial charge is 0.478 e. The van der Waals surface area contributed by atoms with Crippen molar-refractivity contribution in [3.63, 3.8) is 0 Å². The SMILES string of the molecule is C[C@@H](N)C(=O)NCc1cc(C(=O)O)ccn1. The molecule has 0 saturated heterocycles. The number of aromatic nitrogens is 1. The van der Waals surface area contributed by atoms with E-state index in [0.717, 1.165) is 0 Å². The maximum absolute atomic E-state index is 11.2. The molecule has 16 heavy (non-hydrogen) atoms. The first-order valence-corrected chi connectivity index (χ1v) is 4.72. The Hall–Kier alpha value is -1.95. The minimum Gasteiger partial charge on any atom is -0.478 e. The molecular formula is C10H13N3O3. The molecule has 1 heterocycles. The third kappa shape index (κ3) is 3.32. The van der Waals surface area contributed by atoms with Crippen molar-refractivity contribution in [3.05, 3.63) is 29.6 Å². The molecule has 0 aliphatic heterocycles. The van der Waals surface area contributed by atoms with Crippen molar-refractivity contribution in [3.8, 4) is 0 Å². The summed E-state index contributed by atoms with van der Waals surface area (Å²) < 4.78 is 0. The molecule has 0 aliphatic carbocycles. The second kappa shape index (κ2) is 5.22. The topological polar surface area (TPSA) is 105 Å². The van der Waals surface area contributed by atoms with Crippen LogP contribution in [0, 0.1) is 0 Å². The van der Waals surface area contributed by atoms with Gasteiger partial charge in [0.25, 0.3) is 0 Å². The number of pyridine rings is 1. The highest BCUT2D eigenvalue weighted by Crippen LogP contribution is 2.01. The molecule has 0 unspecified atom stereocenters. The highest BCUT2D eigenvalue weighted by Gasteiger charge is 2.08. The van der Waals surface area contributed by atoms with Gasteiger partial charge in [-0.1, -0.05) is 0 Å². The first-order valence-electron chi connectivity index (χ1n) is 4.72. The van der Waals surface area contributed by atoms with Crippen LogP contribution in [0.3, 0.4) is 0 Å². The van der Waals surface area contributed by atoms with Crippen molar-refractivity contribution in [2.75, 3.05) is 0 Å². The van der Waals surface area contributed by atoms with E-state index in [1.165, 1.54) is 18.3 Å². The monoisotopic (exact) mass is 223 g/mol. The molecule has 0 radical (unpaired) electrons. The average molecular weight is 223 g/mol. The fourth-order valence-electron chi connectivity index (χ4n) is 1.05. The number of nitrogens with one attached hydrogen (secondary N) is 1. The first kappa shape index (κ1) is 12.1. The Labute approximate surface area is 92.5 Å². The quantitative estimate of drug-likeness (QED) is 0.652. The van der Waals surface area contributed by atoms with Crippen LogP contribution in [0.2, 0.25) is 0 Å². The van der Waals surface area contributed by atoms with Gasteiger partial charge in [-0.05, 0) is 19.1 Å². The normalized spacial score (nSPS) is 11.9. The summed E-state index contributed by atoms with van der Waals surface area (Å²) in [6, 6.07) is 2.20. The van der Waals surface area contributed by atoms with E-state index in [4.69, 9.17) is 10.8 Å². The van der Waals surface area contributed by atoms with Gasteiger partial charge in [0.2, 0.25) is 5.91 Å². The van der Waals surface area contributed by atoms with Gasteiger partial charge in [-0.25, -0.2) is 4.79 Å². The van der Waals surface area contributed by atoms with Crippen LogP contribution in [-0.2, 0) is 11.3 Å². The van der Waals surface area contributed by atoms with E-state index in [1.807, 2.05) is 0 Å². The van der Waals surface area contributed by atoms with E-state index in [2.05, 4.69) is 10.3 Å². The summed E-state index contributed by atoms with van der Waals surface area (Å²) >= 11 is 0. The number of carbonyl (C=O) groups excluding carboxylic acids is 1. The Kier molecular flexibility index (Phi) is 3.96. The van der Waals surface area contributed by atoms with E-state index >= 15 is 0 Å². The van der Waals surface area contributed by atoms with Gasteiger partial charge >= 0.3 is 5.97 Å². The third-order valence-electron chi connectivity index (χ3n) is 1.92. The first-order chi connectivity index (χ1) is 7.50. The molecule has 6 heteroatoms. The molecule has 0 fully saturated rings. The summed E-state index contributed by atoms with van der Waals surface area (Å²) in [5.41, 5.74) is 5.97. The summed E-state index contributed by atoms with van der Waals surface area (Å²) in [5, 5.41) is 11.3. The number of nitrogens with zero attached hydrogens (tertiary/aromatic N) is 1. The van der Waals surface area contributed by atoms with Crippen molar-refractivity contribution in [1.82, 2.24) is 10.3 Å². The van der Waals surface area contributed by atoms with E-state index in [1.54, 1.807) is 6.92 Å². The van der Waals surface area contributed by atoms with Gasteiger partial charge in [-0.2, -0.15) is 0 Å². The summed E-state index contributed by atoms with van der Waals surface area (Å²) in [7, 11) is 0. The number of carbonyl (C=O) groups is 2. The summed E-state index contributed by atoms with van der Waals surface area (Å²) in [4.78, 5) is 25.8. The number of hydrogen-bond acceptors (Lipinski definition) is 4. The van der Waals surface area contributed by atoms with Crippen LogP contribution in [0.1, 0.15) is 23.0 Å².